The second kappa shape index (κ2) is 9.19. The maximum Gasteiger partial charge on any atom is 0.323 e. The Hall–Kier alpha value is -5.19. The Labute approximate surface area is 239 Å². The Morgan fingerprint density at radius 3 is 2.20 bits per heavy atom. The molecule has 0 fully saturated rings. The molecule has 0 aliphatic heterocycles. The average molecular weight is 571 g/mol. The van der Waals surface area contributed by atoms with Gasteiger partial charge < -0.3 is 15.1 Å². The molecule has 8 rings (SSSR count). The number of thiazole rings is 2. The lowest BCUT2D eigenvalue weighted by Gasteiger charge is -2.10. The SMILES string of the molecule is O=c1[nH]c2ccc(N=Nc3c(O)c(-c4nc5ccccc5s4)cc4cc(-c5nc6ccccc6s5)ccc34)cc2[nH]1. The van der Waals surface area contributed by atoms with Gasteiger partial charge in [0.05, 0.1) is 42.7 Å². The summed E-state index contributed by atoms with van der Waals surface area (Å²) in [5, 5.41) is 23.8. The van der Waals surface area contributed by atoms with Gasteiger partial charge in [-0.2, -0.15) is 5.11 Å². The molecular weight excluding hydrogens is 553 g/mol. The summed E-state index contributed by atoms with van der Waals surface area (Å²) >= 11 is 3.15. The predicted octanol–water partition coefficient (Wildman–Crippen LogP) is 8.68. The minimum absolute atomic E-state index is 0.00386. The van der Waals surface area contributed by atoms with E-state index in [4.69, 9.17) is 9.97 Å². The van der Waals surface area contributed by atoms with E-state index in [0.717, 1.165) is 41.8 Å². The molecular formula is C31H18N6O2S2. The Kier molecular flexibility index (Phi) is 5.31. The zero-order valence-corrected chi connectivity index (χ0v) is 22.8. The number of fused-ring (bicyclic) bond motifs is 4. The van der Waals surface area contributed by atoms with Gasteiger partial charge in [0.2, 0.25) is 0 Å². The number of benzene rings is 5. The summed E-state index contributed by atoms with van der Waals surface area (Å²) in [5.74, 6) is 0.00386. The second-order valence-corrected chi connectivity index (χ2v) is 11.6. The van der Waals surface area contributed by atoms with E-state index in [1.54, 1.807) is 29.5 Å². The van der Waals surface area contributed by atoms with Gasteiger partial charge in [-0.05, 0) is 60.0 Å². The number of hydrogen-bond acceptors (Lipinski definition) is 8. The Morgan fingerprint density at radius 1 is 0.707 bits per heavy atom. The van der Waals surface area contributed by atoms with Crippen LogP contribution in [-0.4, -0.2) is 25.0 Å². The predicted molar refractivity (Wildman–Crippen MR) is 166 cm³/mol. The molecule has 8 aromatic rings. The molecule has 3 heterocycles. The Bertz CT molecular complexity index is 2310. The molecule has 0 aliphatic rings. The van der Waals surface area contributed by atoms with Gasteiger partial charge in [0.25, 0.3) is 0 Å². The van der Waals surface area contributed by atoms with Gasteiger partial charge in [-0.3, -0.25) is 0 Å². The summed E-state index contributed by atoms with van der Waals surface area (Å²) in [6.07, 6.45) is 0. The number of H-pyrrole nitrogens is 2. The molecule has 0 spiro atoms. The standard InChI is InChI=1S/C31H18N6O2S2/c38-28-20(30-33-23-6-2-4-8-26(23)41-30)14-17-13-16(29-32-22-5-1-3-7-25(22)40-29)9-11-19(17)27(28)37-36-18-10-12-21-24(15-18)35-31(39)34-21/h1-15,38H,(H2,34,35,39). The number of aromatic nitrogens is 4. The number of para-hydroxylation sites is 2. The fourth-order valence-electron chi connectivity index (χ4n) is 4.95. The van der Waals surface area contributed by atoms with Crippen LogP contribution in [0.25, 0.3) is 63.4 Å². The summed E-state index contributed by atoms with van der Waals surface area (Å²) in [7, 11) is 0. The topological polar surface area (TPSA) is 119 Å². The third-order valence-electron chi connectivity index (χ3n) is 6.92. The Balaban J connectivity index is 1.32. The largest absolute Gasteiger partial charge is 0.505 e. The zero-order chi connectivity index (χ0) is 27.5. The van der Waals surface area contributed by atoms with Gasteiger partial charge in [0.15, 0.2) is 5.75 Å². The fraction of sp³-hybridized carbons (Fsp3) is 0. The molecule has 0 bridgehead atoms. The fourth-order valence-corrected chi connectivity index (χ4v) is 6.89. The first-order chi connectivity index (χ1) is 20.1. The monoisotopic (exact) mass is 570 g/mol. The third-order valence-corrected chi connectivity index (χ3v) is 9.07. The normalized spacial score (nSPS) is 12.0. The number of phenolic OH excluding ortho intramolecular Hbond substituents is 1. The van der Waals surface area contributed by atoms with Crippen LogP contribution in [0.4, 0.5) is 11.4 Å². The number of imidazole rings is 1. The van der Waals surface area contributed by atoms with Gasteiger partial charge in [0, 0.05) is 10.9 Å². The lowest BCUT2D eigenvalue weighted by Crippen LogP contribution is -1.99. The van der Waals surface area contributed by atoms with E-state index in [2.05, 4.69) is 32.3 Å². The number of nitrogens with zero attached hydrogens (tertiary/aromatic N) is 4. The summed E-state index contributed by atoms with van der Waals surface area (Å²) in [6.45, 7) is 0. The first kappa shape index (κ1) is 23.7. The number of aromatic hydroxyl groups is 1. The van der Waals surface area contributed by atoms with Crippen LogP contribution in [0.1, 0.15) is 0 Å². The number of nitrogens with one attached hydrogen (secondary N) is 2. The third kappa shape index (κ3) is 4.08. The number of aromatic amines is 2. The van der Waals surface area contributed by atoms with Crippen molar-refractivity contribution in [1.82, 2.24) is 19.9 Å². The molecule has 5 aromatic carbocycles. The maximum atomic E-state index is 11.7. The first-order valence-corrected chi connectivity index (χ1v) is 14.4. The molecule has 3 N–H and O–H groups in total. The minimum Gasteiger partial charge on any atom is -0.505 e. The molecule has 0 atom stereocenters. The van der Waals surface area contributed by atoms with Crippen LogP contribution in [0.15, 0.2) is 106 Å². The number of rotatable bonds is 4. The van der Waals surface area contributed by atoms with Crippen molar-refractivity contribution in [3.05, 3.63) is 101 Å². The number of azo groups is 1. The highest BCUT2D eigenvalue weighted by molar-refractivity contribution is 7.22. The smallest absolute Gasteiger partial charge is 0.323 e. The van der Waals surface area contributed by atoms with Crippen molar-refractivity contribution in [3.63, 3.8) is 0 Å². The van der Waals surface area contributed by atoms with E-state index < -0.39 is 0 Å². The van der Waals surface area contributed by atoms with Gasteiger partial charge in [-0.1, -0.05) is 36.4 Å². The van der Waals surface area contributed by atoms with Crippen molar-refractivity contribution < 1.29 is 5.11 Å². The molecule has 0 aliphatic carbocycles. The van der Waals surface area contributed by atoms with Gasteiger partial charge in [-0.15, -0.1) is 27.8 Å². The molecule has 8 nitrogen and oxygen atoms in total. The van der Waals surface area contributed by atoms with Crippen LogP contribution in [0.2, 0.25) is 0 Å². The first-order valence-electron chi connectivity index (χ1n) is 12.7. The van der Waals surface area contributed by atoms with Crippen molar-refractivity contribution in [3.8, 4) is 26.9 Å². The van der Waals surface area contributed by atoms with Crippen molar-refractivity contribution in [2.45, 2.75) is 0 Å². The summed E-state index contributed by atoms with van der Waals surface area (Å²) in [4.78, 5) is 26.8. The quantitative estimate of drug-likeness (QED) is 0.183. The molecule has 0 amide bonds. The molecule has 0 radical (unpaired) electrons. The molecule has 0 unspecified atom stereocenters. The summed E-state index contributed by atoms with van der Waals surface area (Å²) in [5.41, 5.74) is 5.30. The number of hydrogen-bond donors (Lipinski definition) is 3. The van der Waals surface area contributed by atoms with Gasteiger partial charge in [-0.25, -0.2) is 14.8 Å². The van der Waals surface area contributed by atoms with Gasteiger partial charge >= 0.3 is 5.69 Å². The molecule has 10 heteroatoms. The Morgan fingerprint density at radius 2 is 1.41 bits per heavy atom. The lowest BCUT2D eigenvalue weighted by atomic mass is 10.0. The average Bonchev–Trinajstić information content (AvgIpc) is 3.71. The van der Waals surface area contributed by atoms with Crippen LogP contribution in [-0.2, 0) is 0 Å². The van der Waals surface area contributed by atoms with Crippen LogP contribution in [0, 0.1) is 0 Å². The van der Waals surface area contributed by atoms with Crippen LogP contribution in [0.3, 0.4) is 0 Å². The molecule has 41 heavy (non-hydrogen) atoms. The molecule has 0 saturated carbocycles. The highest BCUT2D eigenvalue weighted by atomic mass is 32.1. The van der Waals surface area contributed by atoms with Crippen LogP contribution in [0.5, 0.6) is 5.75 Å². The molecule has 3 aromatic heterocycles. The zero-order valence-electron chi connectivity index (χ0n) is 21.1. The van der Waals surface area contributed by atoms with Crippen LogP contribution >= 0.6 is 22.7 Å². The van der Waals surface area contributed by atoms with E-state index in [9.17, 15) is 9.90 Å². The van der Waals surface area contributed by atoms with Crippen molar-refractivity contribution >= 4 is 76.3 Å². The highest BCUT2D eigenvalue weighted by Gasteiger charge is 2.19. The lowest BCUT2D eigenvalue weighted by molar-refractivity contribution is 0.479. The van der Waals surface area contributed by atoms with Crippen molar-refractivity contribution in [2.24, 2.45) is 10.2 Å². The second-order valence-electron chi connectivity index (χ2n) is 9.54. The maximum absolute atomic E-state index is 11.7. The molecule has 196 valence electrons. The van der Waals surface area contributed by atoms with E-state index in [-0.39, 0.29) is 11.4 Å². The summed E-state index contributed by atoms with van der Waals surface area (Å²) < 4.78 is 2.15. The van der Waals surface area contributed by atoms with Crippen molar-refractivity contribution in [2.75, 3.05) is 0 Å². The minimum atomic E-state index is -0.287. The van der Waals surface area contributed by atoms with Crippen molar-refractivity contribution in [1.29, 1.82) is 0 Å². The highest BCUT2D eigenvalue weighted by Crippen LogP contribution is 2.46. The van der Waals surface area contributed by atoms with Crippen LogP contribution < -0.4 is 5.69 Å². The van der Waals surface area contributed by atoms with E-state index in [1.807, 2.05) is 60.7 Å². The van der Waals surface area contributed by atoms with E-state index in [1.165, 1.54) is 11.3 Å². The molecule has 0 saturated heterocycles. The number of phenols is 1. The van der Waals surface area contributed by atoms with E-state index in [0.29, 0.717) is 33.0 Å². The van der Waals surface area contributed by atoms with Gasteiger partial charge in [0.1, 0.15) is 15.7 Å². The van der Waals surface area contributed by atoms with E-state index >= 15 is 0 Å². The summed E-state index contributed by atoms with van der Waals surface area (Å²) in [6, 6.07) is 29.2.